The molecule has 182 valence electrons. The molecule has 1 saturated heterocycles. The summed E-state index contributed by atoms with van der Waals surface area (Å²) in [7, 11) is 1.63. The Morgan fingerprint density at radius 3 is 2.33 bits per heavy atom. The predicted octanol–water partition coefficient (Wildman–Crippen LogP) is 4.03. The van der Waals surface area contributed by atoms with Gasteiger partial charge in [-0.3, -0.25) is 9.63 Å². The summed E-state index contributed by atoms with van der Waals surface area (Å²) in [5.74, 6) is 0.744. The molecular formula is C24H34N2O6S. The molecule has 2 aliphatic heterocycles. The number of amides is 1. The van der Waals surface area contributed by atoms with Crippen LogP contribution < -0.4 is 0 Å². The van der Waals surface area contributed by atoms with Crippen LogP contribution in [0, 0.1) is 20.8 Å². The number of aryl methyl sites for hydroxylation is 3. The molecule has 1 amide bonds. The summed E-state index contributed by atoms with van der Waals surface area (Å²) in [6.45, 7) is 9.33. The van der Waals surface area contributed by atoms with Crippen molar-refractivity contribution in [2.24, 2.45) is 0 Å². The van der Waals surface area contributed by atoms with E-state index in [1.54, 1.807) is 25.8 Å². The summed E-state index contributed by atoms with van der Waals surface area (Å²) in [5.41, 5.74) is 3.20. The third-order valence-corrected chi connectivity index (χ3v) is 6.70. The fourth-order valence-electron chi connectivity index (χ4n) is 4.75. The lowest BCUT2D eigenvalue weighted by Gasteiger charge is -2.43. The zero-order chi connectivity index (χ0) is 24.2. The van der Waals surface area contributed by atoms with E-state index in [0.717, 1.165) is 28.0 Å². The quantitative estimate of drug-likeness (QED) is 0.409. The summed E-state index contributed by atoms with van der Waals surface area (Å²) >= 11 is 1.64. The Bertz CT molecular complexity index is 901. The van der Waals surface area contributed by atoms with E-state index in [1.165, 1.54) is 5.06 Å². The van der Waals surface area contributed by atoms with Gasteiger partial charge in [-0.05, 0) is 63.5 Å². The molecule has 0 N–H and O–H groups in total. The molecule has 1 spiro atoms. The first-order chi connectivity index (χ1) is 15.8. The largest absolute Gasteiger partial charge is 0.513 e. The maximum absolute atomic E-state index is 13.9. The van der Waals surface area contributed by atoms with Crippen molar-refractivity contribution in [2.75, 3.05) is 45.4 Å². The molecule has 0 radical (unpaired) electrons. The van der Waals surface area contributed by atoms with Crippen LogP contribution in [-0.4, -0.2) is 73.1 Å². The molecule has 1 fully saturated rings. The van der Waals surface area contributed by atoms with Gasteiger partial charge < -0.3 is 14.3 Å². The van der Waals surface area contributed by atoms with Gasteiger partial charge in [0.25, 0.3) is 5.91 Å². The van der Waals surface area contributed by atoms with Gasteiger partial charge >= 0.3 is 6.16 Å². The highest BCUT2D eigenvalue weighted by molar-refractivity contribution is 7.98. The molecule has 0 saturated carbocycles. The van der Waals surface area contributed by atoms with Crippen molar-refractivity contribution in [1.82, 2.24) is 10.1 Å². The molecule has 0 aliphatic carbocycles. The topological polar surface area (TPSA) is 77.5 Å². The highest BCUT2D eigenvalue weighted by Crippen LogP contribution is 2.48. The van der Waals surface area contributed by atoms with Crippen LogP contribution in [0.1, 0.15) is 42.0 Å². The minimum absolute atomic E-state index is 0.177. The molecule has 0 aromatic heterocycles. The molecule has 0 atom stereocenters. The van der Waals surface area contributed by atoms with Crippen molar-refractivity contribution < 1.29 is 28.7 Å². The van der Waals surface area contributed by atoms with E-state index in [1.807, 2.05) is 44.2 Å². The van der Waals surface area contributed by atoms with Gasteiger partial charge in [0.05, 0.1) is 25.9 Å². The molecule has 1 aromatic rings. The average molecular weight is 479 g/mol. The van der Waals surface area contributed by atoms with Crippen LogP contribution in [-0.2, 0) is 23.9 Å². The fourth-order valence-corrected chi connectivity index (χ4v) is 4.99. The molecule has 3 rings (SSSR count). The zero-order valence-corrected chi connectivity index (χ0v) is 21.2. The van der Waals surface area contributed by atoms with Gasteiger partial charge in [0.1, 0.15) is 5.54 Å². The van der Waals surface area contributed by atoms with Crippen molar-refractivity contribution >= 4 is 29.4 Å². The number of hydrogen-bond acceptors (Lipinski definition) is 8. The van der Waals surface area contributed by atoms with Crippen LogP contribution in [0.4, 0.5) is 4.79 Å². The molecule has 1 aromatic carbocycles. The van der Waals surface area contributed by atoms with Crippen LogP contribution >= 0.6 is 11.8 Å². The number of rotatable bonds is 8. The summed E-state index contributed by atoms with van der Waals surface area (Å²) in [6, 6.07) is 4.06. The van der Waals surface area contributed by atoms with Crippen LogP contribution in [0.3, 0.4) is 0 Å². The van der Waals surface area contributed by atoms with Crippen molar-refractivity contribution in [3.8, 4) is 0 Å². The Morgan fingerprint density at radius 1 is 1.15 bits per heavy atom. The lowest BCUT2D eigenvalue weighted by molar-refractivity contribution is -0.230. The van der Waals surface area contributed by atoms with Crippen molar-refractivity contribution in [1.29, 1.82) is 0 Å². The summed E-state index contributed by atoms with van der Waals surface area (Å²) in [4.78, 5) is 37.9. The Labute approximate surface area is 200 Å². The number of nitrogens with zero attached hydrogens (tertiary/aromatic N) is 2. The first-order valence-electron chi connectivity index (χ1n) is 11.2. The summed E-state index contributed by atoms with van der Waals surface area (Å²) in [6.07, 6.45) is 2.15. The number of ether oxygens (including phenoxy) is 2. The number of hydroxylamine groups is 4. The molecular weight excluding hydrogens is 444 g/mol. The second kappa shape index (κ2) is 10.9. The second-order valence-corrected chi connectivity index (χ2v) is 9.32. The monoisotopic (exact) mass is 478 g/mol. The van der Waals surface area contributed by atoms with E-state index in [2.05, 4.69) is 0 Å². The van der Waals surface area contributed by atoms with Gasteiger partial charge in [-0.1, -0.05) is 17.7 Å². The molecule has 0 unspecified atom stereocenters. The molecule has 2 heterocycles. The molecule has 0 bridgehead atoms. The first-order valence-corrected chi connectivity index (χ1v) is 12.6. The third kappa shape index (κ3) is 5.06. The smallest absolute Gasteiger partial charge is 0.434 e. The second-order valence-electron chi connectivity index (χ2n) is 8.33. The van der Waals surface area contributed by atoms with Crippen LogP contribution in [0.15, 0.2) is 17.9 Å². The minimum atomic E-state index is -0.920. The lowest BCUT2D eigenvalue weighted by Crippen LogP contribution is -2.55. The Hall–Kier alpha value is -2.07. The van der Waals surface area contributed by atoms with Crippen LogP contribution in [0.5, 0.6) is 0 Å². The van der Waals surface area contributed by atoms with Gasteiger partial charge in [-0.25, -0.2) is 9.86 Å². The van der Waals surface area contributed by atoms with Gasteiger partial charge in [0.15, 0.2) is 5.76 Å². The number of carbonyl (C=O) groups excluding carboxylic acids is 2. The van der Waals surface area contributed by atoms with Crippen molar-refractivity contribution in [3.05, 3.63) is 40.1 Å². The average Bonchev–Trinajstić information content (AvgIpc) is 2.97. The number of hydrogen-bond donors (Lipinski definition) is 0. The highest BCUT2D eigenvalue weighted by Gasteiger charge is 2.57. The van der Waals surface area contributed by atoms with Gasteiger partial charge in [-0.2, -0.15) is 16.8 Å². The van der Waals surface area contributed by atoms with E-state index < -0.39 is 11.7 Å². The summed E-state index contributed by atoms with van der Waals surface area (Å²) in [5, 5.41) is 3.27. The fraction of sp³-hybridized carbons (Fsp3) is 0.583. The normalized spacial score (nSPS) is 18.4. The number of piperidine rings is 1. The minimum Gasteiger partial charge on any atom is -0.434 e. The van der Waals surface area contributed by atoms with E-state index in [-0.39, 0.29) is 12.5 Å². The highest BCUT2D eigenvalue weighted by atomic mass is 32.2. The lowest BCUT2D eigenvalue weighted by atomic mass is 9.84. The maximum atomic E-state index is 13.9. The number of carbonyl (C=O) groups is 2. The third-order valence-electron chi connectivity index (χ3n) is 6.13. The van der Waals surface area contributed by atoms with Gasteiger partial charge in [0.2, 0.25) is 0 Å². The summed E-state index contributed by atoms with van der Waals surface area (Å²) < 4.78 is 10.9. The number of benzene rings is 1. The Balaban J connectivity index is 2.18. The standard InChI is InChI=1S/C24H34N2O6S/c1-7-30-23(28)32-21-20(19-17(3)14-16(2)15-18(19)4)22(27)26(31-12-13-33-6)24(21)8-10-25(29-5)11-9-24/h14-15H,7-13H2,1-6H3. The van der Waals surface area contributed by atoms with Gasteiger partial charge in [-0.15, -0.1) is 0 Å². The van der Waals surface area contributed by atoms with Crippen molar-refractivity contribution in [2.45, 2.75) is 46.1 Å². The maximum Gasteiger partial charge on any atom is 0.513 e. The van der Waals surface area contributed by atoms with Gasteiger partial charge in [0, 0.05) is 18.8 Å². The van der Waals surface area contributed by atoms with E-state index in [9.17, 15) is 9.59 Å². The van der Waals surface area contributed by atoms with Crippen LogP contribution in [0.2, 0.25) is 0 Å². The number of thioether (sulfide) groups is 1. The Kier molecular flexibility index (Phi) is 8.44. The van der Waals surface area contributed by atoms with Crippen LogP contribution in [0.25, 0.3) is 5.57 Å². The molecule has 33 heavy (non-hydrogen) atoms. The SMILES string of the molecule is CCOC(=O)OC1=C(c2c(C)cc(C)cc2C)C(=O)N(OCCSC)C12CCN(OC)CC2. The first kappa shape index (κ1) is 25.6. The van der Waals surface area contributed by atoms with Crippen molar-refractivity contribution in [3.63, 3.8) is 0 Å². The van der Waals surface area contributed by atoms with E-state index in [0.29, 0.717) is 43.9 Å². The van der Waals surface area contributed by atoms with E-state index in [4.69, 9.17) is 19.1 Å². The molecule has 2 aliphatic rings. The molecule has 8 nitrogen and oxygen atoms in total. The zero-order valence-electron chi connectivity index (χ0n) is 20.4. The van der Waals surface area contributed by atoms with E-state index >= 15 is 0 Å². The predicted molar refractivity (Wildman–Crippen MR) is 127 cm³/mol. The molecule has 9 heteroatoms. The Morgan fingerprint density at radius 2 is 1.79 bits per heavy atom.